The fraction of sp³-hybridized carbons (Fsp3) is 0.571. The smallest absolute Gasteiger partial charge is 0.121 e. The van der Waals surface area contributed by atoms with Gasteiger partial charge in [-0.15, -0.1) is 11.8 Å². The Morgan fingerprint density at radius 1 is 1.55 bits per heavy atom. The maximum atomic E-state index is 4.21. The van der Waals surface area contributed by atoms with E-state index in [4.69, 9.17) is 0 Å². The molecular weight excluding hydrogens is 158 g/mol. The van der Waals surface area contributed by atoms with Gasteiger partial charge in [-0.05, 0) is 19.2 Å². The third-order valence-electron chi connectivity index (χ3n) is 1.96. The lowest BCUT2D eigenvalue weighted by atomic mass is 10.1. The van der Waals surface area contributed by atoms with Crippen LogP contribution in [0.5, 0.6) is 0 Å². The van der Waals surface area contributed by atoms with Crippen molar-refractivity contribution in [1.29, 1.82) is 0 Å². The minimum Gasteiger partial charge on any atom is -0.311 e. The van der Waals surface area contributed by atoms with Gasteiger partial charge in [-0.1, -0.05) is 0 Å². The zero-order valence-corrected chi connectivity index (χ0v) is 7.29. The molecule has 1 aliphatic heterocycles. The molecule has 0 aliphatic carbocycles. The summed E-state index contributed by atoms with van der Waals surface area (Å²) in [5.74, 6) is 0. The van der Waals surface area contributed by atoms with E-state index in [9.17, 15) is 0 Å². The van der Waals surface area contributed by atoms with Crippen LogP contribution in [0.4, 0.5) is 0 Å². The van der Waals surface area contributed by atoms with Gasteiger partial charge in [0.2, 0.25) is 0 Å². The van der Waals surface area contributed by atoms with E-state index in [0.29, 0.717) is 0 Å². The van der Waals surface area contributed by atoms with Crippen LogP contribution in [0, 0.1) is 0 Å². The first-order valence-electron chi connectivity index (χ1n) is 3.72. The Hall–Kier alpha value is -0.480. The molecule has 3 nitrogen and oxygen atoms in total. The summed E-state index contributed by atoms with van der Waals surface area (Å²) in [6, 6.07) is 0. The third-order valence-corrected chi connectivity index (χ3v) is 2.69. The Morgan fingerprint density at radius 2 is 2.45 bits per heavy atom. The van der Waals surface area contributed by atoms with Gasteiger partial charge in [0.05, 0.1) is 5.69 Å². The minimum absolute atomic E-state index is 0.947. The van der Waals surface area contributed by atoms with Crippen molar-refractivity contribution in [1.82, 2.24) is 15.5 Å². The van der Waals surface area contributed by atoms with E-state index >= 15 is 0 Å². The molecule has 0 spiro atoms. The predicted octanol–water partition coefficient (Wildman–Crippen LogP) is 0.777. The van der Waals surface area contributed by atoms with Crippen LogP contribution in [0.2, 0.25) is 0 Å². The van der Waals surface area contributed by atoms with Crippen molar-refractivity contribution in [2.45, 2.75) is 18.0 Å². The molecule has 0 bridgehead atoms. The summed E-state index contributed by atoms with van der Waals surface area (Å²) in [5, 5.41) is 11.7. The van der Waals surface area contributed by atoms with Crippen molar-refractivity contribution in [2.24, 2.45) is 0 Å². The van der Waals surface area contributed by atoms with E-state index < -0.39 is 0 Å². The van der Waals surface area contributed by atoms with E-state index in [0.717, 1.165) is 19.5 Å². The molecule has 11 heavy (non-hydrogen) atoms. The highest BCUT2D eigenvalue weighted by atomic mass is 32.2. The van der Waals surface area contributed by atoms with Gasteiger partial charge in [0.15, 0.2) is 0 Å². The molecule has 0 amide bonds. The lowest BCUT2D eigenvalue weighted by Gasteiger charge is -2.11. The summed E-state index contributed by atoms with van der Waals surface area (Å²) < 4.78 is 0. The molecule has 1 aromatic heterocycles. The summed E-state index contributed by atoms with van der Waals surface area (Å²) in [4.78, 5) is 0. The third kappa shape index (κ3) is 1.16. The van der Waals surface area contributed by atoms with Gasteiger partial charge in [-0.2, -0.15) is 5.10 Å². The number of aromatic amines is 1. The minimum atomic E-state index is 0.947. The zero-order valence-electron chi connectivity index (χ0n) is 6.48. The van der Waals surface area contributed by atoms with Crippen molar-refractivity contribution in [3.8, 4) is 0 Å². The first-order valence-corrected chi connectivity index (χ1v) is 4.95. The highest BCUT2D eigenvalue weighted by Gasteiger charge is 2.14. The quantitative estimate of drug-likeness (QED) is 0.610. The molecule has 0 saturated heterocycles. The van der Waals surface area contributed by atoms with Crippen LogP contribution in [-0.4, -0.2) is 23.0 Å². The lowest BCUT2D eigenvalue weighted by Crippen LogP contribution is -2.23. The van der Waals surface area contributed by atoms with Crippen molar-refractivity contribution < 1.29 is 0 Å². The number of nitrogens with one attached hydrogen (secondary N) is 2. The van der Waals surface area contributed by atoms with Crippen LogP contribution in [0.3, 0.4) is 0 Å². The Labute approximate surface area is 70.0 Å². The topological polar surface area (TPSA) is 40.7 Å². The van der Waals surface area contributed by atoms with Crippen molar-refractivity contribution in [2.75, 3.05) is 12.8 Å². The van der Waals surface area contributed by atoms with Gasteiger partial charge < -0.3 is 5.32 Å². The molecule has 1 aliphatic rings. The van der Waals surface area contributed by atoms with Gasteiger partial charge >= 0.3 is 0 Å². The van der Waals surface area contributed by atoms with Crippen LogP contribution < -0.4 is 5.32 Å². The van der Waals surface area contributed by atoms with E-state index in [1.807, 2.05) is 0 Å². The molecule has 0 unspecified atom stereocenters. The largest absolute Gasteiger partial charge is 0.311 e. The maximum Gasteiger partial charge on any atom is 0.121 e. The lowest BCUT2D eigenvalue weighted by molar-refractivity contribution is 0.630. The molecule has 0 saturated carbocycles. The molecule has 4 heteroatoms. The summed E-state index contributed by atoms with van der Waals surface area (Å²) >= 11 is 1.72. The van der Waals surface area contributed by atoms with Gasteiger partial charge in [-0.3, -0.25) is 5.10 Å². The Kier molecular flexibility index (Phi) is 1.87. The molecule has 0 atom stereocenters. The molecule has 1 aromatic rings. The first-order chi connectivity index (χ1) is 5.42. The number of nitrogens with zero attached hydrogens (tertiary/aromatic N) is 1. The molecule has 2 rings (SSSR count). The van der Waals surface area contributed by atoms with E-state index in [2.05, 4.69) is 21.8 Å². The Morgan fingerprint density at radius 3 is 3.27 bits per heavy atom. The standard InChI is InChI=1S/C7H11N3S/c1-11-7-5-2-3-8-4-6(5)9-10-7/h8H,2-4H2,1H3,(H,9,10). The molecular formula is C7H11N3S. The summed E-state index contributed by atoms with van der Waals surface area (Å²) in [6.07, 6.45) is 3.18. The van der Waals surface area contributed by atoms with E-state index in [1.54, 1.807) is 11.8 Å². The van der Waals surface area contributed by atoms with Crippen LogP contribution in [0.1, 0.15) is 11.3 Å². The fourth-order valence-corrected chi connectivity index (χ4v) is 1.99. The highest BCUT2D eigenvalue weighted by Crippen LogP contribution is 2.22. The van der Waals surface area contributed by atoms with Crippen molar-refractivity contribution in [3.63, 3.8) is 0 Å². The average molecular weight is 169 g/mol. The molecule has 60 valence electrons. The molecule has 2 N–H and O–H groups in total. The highest BCUT2D eigenvalue weighted by molar-refractivity contribution is 7.98. The van der Waals surface area contributed by atoms with Crippen molar-refractivity contribution >= 4 is 11.8 Å². The van der Waals surface area contributed by atoms with Crippen LogP contribution in [0.15, 0.2) is 5.03 Å². The van der Waals surface area contributed by atoms with Gasteiger partial charge in [0.1, 0.15) is 5.03 Å². The molecule has 2 heterocycles. The predicted molar refractivity (Wildman–Crippen MR) is 45.8 cm³/mol. The Balaban J connectivity index is 2.38. The second-order valence-corrected chi connectivity index (χ2v) is 3.41. The van der Waals surface area contributed by atoms with E-state index in [-0.39, 0.29) is 0 Å². The van der Waals surface area contributed by atoms with Crippen LogP contribution >= 0.6 is 11.8 Å². The van der Waals surface area contributed by atoms with Crippen LogP contribution in [0.25, 0.3) is 0 Å². The van der Waals surface area contributed by atoms with Gasteiger partial charge in [0.25, 0.3) is 0 Å². The Bertz CT molecular complexity index is 243. The molecule has 0 aromatic carbocycles. The number of hydrogen-bond donors (Lipinski definition) is 2. The summed E-state index contributed by atoms with van der Waals surface area (Å²) in [7, 11) is 0. The number of H-pyrrole nitrogens is 1. The number of thioether (sulfide) groups is 1. The number of aromatic nitrogens is 2. The average Bonchev–Trinajstić information content (AvgIpc) is 2.47. The summed E-state index contributed by atoms with van der Waals surface area (Å²) in [6.45, 7) is 2.03. The van der Waals surface area contributed by atoms with Crippen LogP contribution in [-0.2, 0) is 13.0 Å². The monoisotopic (exact) mass is 169 g/mol. The normalized spacial score (nSPS) is 16.5. The number of fused-ring (bicyclic) bond motifs is 1. The van der Waals surface area contributed by atoms with Gasteiger partial charge in [0, 0.05) is 12.1 Å². The molecule has 0 fully saturated rings. The second-order valence-electron chi connectivity index (χ2n) is 2.62. The van der Waals surface area contributed by atoms with Gasteiger partial charge in [-0.25, -0.2) is 0 Å². The van der Waals surface area contributed by atoms with Crippen molar-refractivity contribution in [3.05, 3.63) is 11.3 Å². The summed E-state index contributed by atoms with van der Waals surface area (Å²) in [5.41, 5.74) is 2.68. The molecule has 0 radical (unpaired) electrons. The zero-order chi connectivity index (χ0) is 7.68. The van der Waals surface area contributed by atoms with E-state index in [1.165, 1.54) is 16.3 Å². The first kappa shape index (κ1) is 7.18. The number of rotatable bonds is 1. The number of hydrogen-bond acceptors (Lipinski definition) is 3. The second kappa shape index (κ2) is 2.87. The fourth-order valence-electron chi connectivity index (χ4n) is 1.38. The maximum absolute atomic E-state index is 4.21. The SMILES string of the molecule is CSc1n[nH]c2c1CCNC2.